The zero-order chi connectivity index (χ0) is 13.7. The van der Waals surface area contributed by atoms with Crippen molar-refractivity contribution < 1.29 is 0 Å². The Morgan fingerprint density at radius 2 is 2.16 bits per heavy atom. The molecule has 3 nitrogen and oxygen atoms in total. The number of nitrogens with one attached hydrogen (secondary N) is 1. The van der Waals surface area contributed by atoms with E-state index in [-0.39, 0.29) is 0 Å². The summed E-state index contributed by atoms with van der Waals surface area (Å²) in [5.41, 5.74) is 1.64. The molecule has 0 saturated carbocycles. The molecule has 1 N–H and O–H groups in total. The smallest absolute Gasteiger partial charge is 0.103 e. The molecule has 0 aliphatic carbocycles. The van der Waals surface area contributed by atoms with Crippen molar-refractivity contribution in [3.8, 4) is 6.07 Å². The Labute approximate surface area is 123 Å². The van der Waals surface area contributed by atoms with Gasteiger partial charge in [-0.25, -0.2) is 0 Å². The van der Waals surface area contributed by atoms with Crippen molar-refractivity contribution in [3.05, 3.63) is 28.2 Å². The van der Waals surface area contributed by atoms with Crippen LogP contribution in [0.3, 0.4) is 0 Å². The molecule has 1 heterocycles. The molecule has 4 heteroatoms. The maximum absolute atomic E-state index is 9.18. The lowest BCUT2D eigenvalue weighted by atomic mass is 9.96. The van der Waals surface area contributed by atoms with E-state index in [1.165, 1.54) is 25.9 Å². The summed E-state index contributed by atoms with van der Waals surface area (Å²) >= 11 is 3.42. The van der Waals surface area contributed by atoms with E-state index in [1.807, 2.05) is 18.2 Å². The topological polar surface area (TPSA) is 39.1 Å². The Balaban J connectivity index is 1.90. The molecule has 0 aromatic heterocycles. The van der Waals surface area contributed by atoms with E-state index in [4.69, 9.17) is 0 Å². The fourth-order valence-electron chi connectivity index (χ4n) is 2.55. The van der Waals surface area contributed by atoms with Gasteiger partial charge in [0.05, 0.1) is 11.3 Å². The van der Waals surface area contributed by atoms with E-state index in [2.05, 4.69) is 39.1 Å². The summed E-state index contributed by atoms with van der Waals surface area (Å²) in [6, 6.07) is 8.10. The predicted octanol–water partition coefficient (Wildman–Crippen LogP) is 3.46. The van der Waals surface area contributed by atoms with Crippen molar-refractivity contribution in [1.29, 1.82) is 5.26 Å². The summed E-state index contributed by atoms with van der Waals surface area (Å²) in [7, 11) is 0. The summed E-state index contributed by atoms with van der Waals surface area (Å²) < 4.78 is 0.862. The molecule has 0 radical (unpaired) electrons. The molecule has 0 spiro atoms. The van der Waals surface area contributed by atoms with Crippen LogP contribution in [0.25, 0.3) is 0 Å². The average Bonchev–Trinajstić information content (AvgIpc) is 2.45. The predicted molar refractivity (Wildman–Crippen MR) is 82.2 cm³/mol. The minimum Gasteiger partial charge on any atom is -0.384 e. The average molecular weight is 322 g/mol. The Hall–Kier alpha value is -1.05. The quantitative estimate of drug-likeness (QED) is 0.923. The molecule has 102 valence electrons. The number of nitriles is 1. The maximum atomic E-state index is 9.18. The largest absolute Gasteiger partial charge is 0.384 e. The maximum Gasteiger partial charge on any atom is 0.103 e. The normalized spacial score (nSPS) is 17.1. The Morgan fingerprint density at radius 3 is 2.79 bits per heavy atom. The number of nitrogens with zero attached hydrogens (tertiary/aromatic N) is 2. The molecule has 0 unspecified atom stereocenters. The molecule has 1 aliphatic heterocycles. The van der Waals surface area contributed by atoms with Gasteiger partial charge in [0.25, 0.3) is 0 Å². The van der Waals surface area contributed by atoms with Crippen LogP contribution in [0.15, 0.2) is 22.7 Å². The summed E-state index contributed by atoms with van der Waals surface area (Å²) in [6.07, 6.45) is 2.49. The van der Waals surface area contributed by atoms with Crippen molar-refractivity contribution in [3.63, 3.8) is 0 Å². The van der Waals surface area contributed by atoms with E-state index in [0.29, 0.717) is 11.5 Å². The second-order valence-corrected chi connectivity index (χ2v) is 5.89. The Morgan fingerprint density at radius 1 is 1.42 bits per heavy atom. The van der Waals surface area contributed by atoms with Gasteiger partial charge in [0.2, 0.25) is 0 Å². The van der Waals surface area contributed by atoms with Crippen LogP contribution in [-0.4, -0.2) is 31.1 Å². The van der Waals surface area contributed by atoms with Crippen LogP contribution in [-0.2, 0) is 0 Å². The van der Waals surface area contributed by atoms with Crippen molar-refractivity contribution in [2.24, 2.45) is 5.92 Å². The van der Waals surface area contributed by atoms with E-state index >= 15 is 0 Å². The summed E-state index contributed by atoms with van der Waals surface area (Å²) in [6.45, 7) is 6.74. The minimum absolute atomic E-state index is 0.702. The lowest BCUT2D eigenvalue weighted by Crippen LogP contribution is -2.35. The van der Waals surface area contributed by atoms with Gasteiger partial charge in [-0.1, -0.05) is 13.0 Å². The van der Waals surface area contributed by atoms with Crippen molar-refractivity contribution in [2.75, 3.05) is 31.5 Å². The van der Waals surface area contributed by atoms with E-state index in [9.17, 15) is 5.26 Å². The number of benzene rings is 1. The van der Waals surface area contributed by atoms with Crippen LogP contribution in [0.1, 0.15) is 25.3 Å². The third kappa shape index (κ3) is 3.71. The summed E-state index contributed by atoms with van der Waals surface area (Å²) in [5, 5.41) is 12.6. The SMILES string of the molecule is CCN1CCC(CNc2cccc(Br)c2C#N)CC1. The first kappa shape index (κ1) is 14.4. The van der Waals surface area contributed by atoms with Gasteiger partial charge in [-0.15, -0.1) is 0 Å². The molecule has 1 saturated heterocycles. The number of likely N-dealkylation sites (tertiary alicyclic amines) is 1. The molecule has 2 rings (SSSR count). The van der Waals surface area contributed by atoms with Crippen molar-refractivity contribution in [2.45, 2.75) is 19.8 Å². The van der Waals surface area contributed by atoms with Crippen LogP contribution < -0.4 is 5.32 Å². The van der Waals surface area contributed by atoms with Gasteiger partial charge in [0.1, 0.15) is 6.07 Å². The van der Waals surface area contributed by atoms with Gasteiger partial charge in [-0.3, -0.25) is 0 Å². The first-order valence-electron chi connectivity index (χ1n) is 6.89. The molecule has 0 bridgehead atoms. The van der Waals surface area contributed by atoms with Gasteiger partial charge in [-0.2, -0.15) is 5.26 Å². The standard InChI is InChI=1S/C15H20BrN3/c1-2-19-8-6-12(7-9-19)11-18-15-5-3-4-14(16)13(15)10-17/h3-5,12,18H,2,6-9,11H2,1H3. The molecular weight excluding hydrogens is 302 g/mol. The highest BCUT2D eigenvalue weighted by Gasteiger charge is 2.18. The third-order valence-corrected chi connectivity index (χ3v) is 4.52. The highest BCUT2D eigenvalue weighted by Crippen LogP contribution is 2.25. The van der Waals surface area contributed by atoms with Gasteiger partial charge < -0.3 is 10.2 Å². The highest BCUT2D eigenvalue weighted by atomic mass is 79.9. The first-order valence-corrected chi connectivity index (χ1v) is 7.68. The molecule has 1 aromatic rings. The molecule has 1 fully saturated rings. The van der Waals surface area contributed by atoms with Gasteiger partial charge >= 0.3 is 0 Å². The number of anilines is 1. The van der Waals surface area contributed by atoms with Crippen LogP contribution in [0.2, 0.25) is 0 Å². The number of halogens is 1. The van der Waals surface area contributed by atoms with Gasteiger partial charge in [0, 0.05) is 11.0 Å². The number of hydrogen-bond acceptors (Lipinski definition) is 3. The van der Waals surface area contributed by atoms with E-state index in [1.54, 1.807) is 0 Å². The third-order valence-electron chi connectivity index (χ3n) is 3.86. The minimum atomic E-state index is 0.702. The zero-order valence-electron chi connectivity index (χ0n) is 11.3. The van der Waals surface area contributed by atoms with Gasteiger partial charge in [0.15, 0.2) is 0 Å². The summed E-state index contributed by atoms with van der Waals surface area (Å²) in [5.74, 6) is 0.716. The zero-order valence-corrected chi connectivity index (χ0v) is 12.9. The number of hydrogen-bond donors (Lipinski definition) is 1. The number of rotatable bonds is 4. The van der Waals surface area contributed by atoms with Crippen LogP contribution in [0.5, 0.6) is 0 Å². The molecule has 1 aromatic carbocycles. The van der Waals surface area contributed by atoms with Crippen LogP contribution in [0, 0.1) is 17.2 Å². The lowest BCUT2D eigenvalue weighted by Gasteiger charge is -2.31. The molecule has 0 atom stereocenters. The fraction of sp³-hybridized carbons (Fsp3) is 0.533. The number of piperidine rings is 1. The monoisotopic (exact) mass is 321 g/mol. The Bertz CT molecular complexity index is 459. The Kier molecular flexibility index (Phi) is 5.24. The summed E-state index contributed by atoms with van der Waals surface area (Å²) in [4.78, 5) is 2.50. The van der Waals surface area contributed by atoms with Crippen molar-refractivity contribution >= 4 is 21.6 Å². The van der Waals surface area contributed by atoms with Crippen molar-refractivity contribution in [1.82, 2.24) is 4.90 Å². The van der Waals surface area contributed by atoms with E-state index in [0.717, 1.165) is 23.2 Å². The van der Waals surface area contributed by atoms with Gasteiger partial charge in [-0.05, 0) is 66.5 Å². The lowest BCUT2D eigenvalue weighted by molar-refractivity contribution is 0.198. The van der Waals surface area contributed by atoms with Crippen LogP contribution in [0.4, 0.5) is 5.69 Å². The molecule has 19 heavy (non-hydrogen) atoms. The second-order valence-electron chi connectivity index (χ2n) is 5.03. The molecule has 0 amide bonds. The first-order chi connectivity index (χ1) is 9.24. The highest BCUT2D eigenvalue weighted by molar-refractivity contribution is 9.10. The second kappa shape index (κ2) is 6.93. The molecule has 1 aliphatic rings. The molecular formula is C15H20BrN3. The van der Waals surface area contributed by atoms with Crippen LogP contribution >= 0.6 is 15.9 Å². The van der Waals surface area contributed by atoms with E-state index < -0.39 is 0 Å². The fourth-order valence-corrected chi connectivity index (χ4v) is 3.00.